The van der Waals surface area contributed by atoms with E-state index in [1.54, 1.807) is 12.1 Å². The molecular weight excluding hydrogens is 412 g/mol. The number of furan rings is 1. The van der Waals surface area contributed by atoms with Crippen LogP contribution >= 0.6 is 15.9 Å². The van der Waals surface area contributed by atoms with E-state index in [4.69, 9.17) is 8.83 Å². The summed E-state index contributed by atoms with van der Waals surface area (Å²) in [5.74, 6) is 0.201. The van der Waals surface area contributed by atoms with E-state index >= 15 is 0 Å². The lowest BCUT2D eigenvalue weighted by atomic mass is 10.1. The van der Waals surface area contributed by atoms with E-state index in [1.165, 1.54) is 6.42 Å². The molecule has 3 heterocycles. The minimum Gasteiger partial charge on any atom is -0.444 e. The third-order valence-corrected chi connectivity index (χ3v) is 4.94. The summed E-state index contributed by atoms with van der Waals surface area (Å²) in [6.45, 7) is 1.81. The molecule has 8 heteroatoms. The smallest absolute Gasteiger partial charge is 0.318 e. The monoisotopic (exact) mass is 430 g/mol. The van der Waals surface area contributed by atoms with Gasteiger partial charge in [-0.1, -0.05) is 35.4 Å². The van der Waals surface area contributed by atoms with Gasteiger partial charge in [0.1, 0.15) is 6.04 Å². The third-order valence-electron chi connectivity index (χ3n) is 4.51. The average molecular weight is 431 g/mol. The van der Waals surface area contributed by atoms with Crippen LogP contribution < -0.4 is 10.2 Å². The Morgan fingerprint density at radius 1 is 1.04 bits per heavy atom. The maximum atomic E-state index is 12.6. The molecule has 2 aromatic heterocycles. The summed E-state index contributed by atoms with van der Waals surface area (Å²) in [5.41, 5.74) is 0.852. The van der Waals surface area contributed by atoms with Crippen molar-refractivity contribution in [3.8, 4) is 0 Å². The zero-order valence-electron chi connectivity index (χ0n) is 14.6. The summed E-state index contributed by atoms with van der Waals surface area (Å²) in [7, 11) is 0. The summed E-state index contributed by atoms with van der Waals surface area (Å²) < 4.78 is 11.8. The second-order valence-corrected chi connectivity index (χ2v) is 7.17. The molecule has 140 valence electrons. The Morgan fingerprint density at radius 2 is 1.81 bits per heavy atom. The van der Waals surface area contributed by atoms with Crippen LogP contribution in [0.3, 0.4) is 0 Å². The Labute approximate surface area is 164 Å². The third kappa shape index (κ3) is 4.05. The number of anilines is 1. The van der Waals surface area contributed by atoms with Crippen LogP contribution in [0.25, 0.3) is 0 Å². The summed E-state index contributed by atoms with van der Waals surface area (Å²) in [4.78, 5) is 14.7. The zero-order chi connectivity index (χ0) is 18.6. The van der Waals surface area contributed by atoms with E-state index in [-0.39, 0.29) is 11.7 Å². The quantitative estimate of drug-likeness (QED) is 0.659. The number of benzene rings is 1. The molecule has 3 aromatic rings. The normalized spacial score (nSPS) is 15.5. The molecule has 1 saturated heterocycles. The van der Waals surface area contributed by atoms with Gasteiger partial charge in [0, 0.05) is 13.1 Å². The fourth-order valence-corrected chi connectivity index (χ4v) is 3.43. The maximum absolute atomic E-state index is 12.6. The van der Waals surface area contributed by atoms with Crippen LogP contribution in [0.1, 0.15) is 47.3 Å². The number of halogens is 1. The van der Waals surface area contributed by atoms with Crippen molar-refractivity contribution in [1.29, 1.82) is 0 Å². The fourth-order valence-electron chi connectivity index (χ4n) is 3.13. The maximum Gasteiger partial charge on any atom is 0.318 e. The number of piperidine rings is 1. The van der Waals surface area contributed by atoms with E-state index in [9.17, 15) is 4.79 Å². The number of hydrogen-bond acceptors (Lipinski definition) is 6. The molecule has 0 aliphatic carbocycles. The number of hydrogen-bond donors (Lipinski definition) is 1. The summed E-state index contributed by atoms with van der Waals surface area (Å²) in [6, 6.07) is 12.8. The van der Waals surface area contributed by atoms with Crippen LogP contribution in [0.5, 0.6) is 0 Å². The van der Waals surface area contributed by atoms with Crippen molar-refractivity contribution in [3.63, 3.8) is 0 Å². The second-order valence-electron chi connectivity index (χ2n) is 6.39. The molecule has 0 radical (unpaired) electrons. The topological polar surface area (TPSA) is 84.4 Å². The van der Waals surface area contributed by atoms with Gasteiger partial charge in [0.2, 0.25) is 5.89 Å². The average Bonchev–Trinajstić information content (AvgIpc) is 3.37. The highest BCUT2D eigenvalue weighted by atomic mass is 79.9. The first-order valence-electron chi connectivity index (χ1n) is 8.90. The van der Waals surface area contributed by atoms with Gasteiger partial charge in [0.25, 0.3) is 5.91 Å². The second kappa shape index (κ2) is 7.96. The molecule has 0 saturated carbocycles. The lowest BCUT2D eigenvalue weighted by molar-refractivity contribution is 0.0908. The van der Waals surface area contributed by atoms with E-state index in [0.29, 0.717) is 16.6 Å². The molecule has 0 spiro atoms. The van der Waals surface area contributed by atoms with Crippen molar-refractivity contribution in [1.82, 2.24) is 15.5 Å². The van der Waals surface area contributed by atoms with Gasteiger partial charge in [-0.25, -0.2) is 0 Å². The first kappa shape index (κ1) is 17.8. The Hall–Kier alpha value is -2.61. The first-order chi connectivity index (χ1) is 13.2. The number of rotatable bonds is 5. The van der Waals surface area contributed by atoms with Crippen molar-refractivity contribution >= 4 is 27.9 Å². The number of carbonyl (C=O) groups excluding carboxylic acids is 1. The lowest BCUT2D eigenvalue weighted by Crippen LogP contribution is -2.30. The van der Waals surface area contributed by atoms with Crippen molar-refractivity contribution in [2.75, 3.05) is 18.0 Å². The number of carbonyl (C=O) groups is 1. The molecule has 4 rings (SSSR count). The van der Waals surface area contributed by atoms with Crippen LogP contribution in [0.2, 0.25) is 0 Å². The summed E-state index contributed by atoms with van der Waals surface area (Å²) >= 11 is 3.21. The predicted molar refractivity (Wildman–Crippen MR) is 103 cm³/mol. The molecule has 1 atom stereocenters. The van der Waals surface area contributed by atoms with Crippen LogP contribution in [-0.4, -0.2) is 29.2 Å². The highest BCUT2D eigenvalue weighted by Gasteiger charge is 2.26. The van der Waals surface area contributed by atoms with Crippen molar-refractivity contribution in [3.05, 3.63) is 64.3 Å². The standard InChI is InChI=1S/C19H19BrN4O3/c20-15-10-9-14(26-15)17(25)21-16(13-7-3-1-4-8-13)18-22-23-19(27-18)24-11-5-2-6-12-24/h1,3-4,7-10,16H,2,5-6,11-12H2,(H,21,25)/t16-/m0/s1. The van der Waals surface area contributed by atoms with E-state index < -0.39 is 6.04 Å². The van der Waals surface area contributed by atoms with Gasteiger partial charge in [-0.15, -0.1) is 5.10 Å². The fraction of sp³-hybridized carbons (Fsp3) is 0.316. The Bertz CT molecular complexity index is 903. The lowest BCUT2D eigenvalue weighted by Gasteiger charge is -2.24. The highest BCUT2D eigenvalue weighted by Crippen LogP contribution is 2.26. The predicted octanol–water partition coefficient (Wildman–Crippen LogP) is 3.93. The van der Waals surface area contributed by atoms with Gasteiger partial charge >= 0.3 is 6.01 Å². The number of nitrogens with one attached hydrogen (secondary N) is 1. The molecule has 1 N–H and O–H groups in total. The van der Waals surface area contributed by atoms with Gasteiger partial charge in [0.15, 0.2) is 10.4 Å². The summed E-state index contributed by atoms with van der Waals surface area (Å²) in [6.07, 6.45) is 3.45. The van der Waals surface area contributed by atoms with Gasteiger partial charge in [-0.2, -0.15) is 0 Å². The minimum absolute atomic E-state index is 0.207. The minimum atomic E-state index is -0.561. The number of aromatic nitrogens is 2. The van der Waals surface area contributed by atoms with Crippen LogP contribution in [-0.2, 0) is 0 Å². The molecule has 1 aliphatic rings. The molecule has 0 unspecified atom stereocenters. The van der Waals surface area contributed by atoms with Gasteiger partial charge in [-0.3, -0.25) is 4.79 Å². The van der Waals surface area contributed by atoms with Crippen molar-refractivity contribution in [2.24, 2.45) is 0 Å². The molecule has 1 aliphatic heterocycles. The van der Waals surface area contributed by atoms with E-state index in [1.807, 2.05) is 30.3 Å². The van der Waals surface area contributed by atoms with Crippen LogP contribution in [0.15, 0.2) is 56.0 Å². The molecular formula is C19H19BrN4O3. The highest BCUT2D eigenvalue weighted by molar-refractivity contribution is 9.10. The zero-order valence-corrected chi connectivity index (χ0v) is 16.2. The Balaban J connectivity index is 1.60. The number of nitrogens with zero attached hydrogens (tertiary/aromatic N) is 3. The van der Waals surface area contributed by atoms with Gasteiger partial charge in [-0.05, 0) is 52.9 Å². The first-order valence-corrected chi connectivity index (χ1v) is 9.69. The molecule has 7 nitrogen and oxygen atoms in total. The van der Waals surface area contributed by atoms with Crippen LogP contribution in [0.4, 0.5) is 6.01 Å². The summed E-state index contributed by atoms with van der Waals surface area (Å²) in [5, 5.41) is 11.3. The molecule has 1 aromatic carbocycles. The van der Waals surface area contributed by atoms with E-state index in [2.05, 4.69) is 36.3 Å². The number of amides is 1. The van der Waals surface area contributed by atoms with E-state index in [0.717, 1.165) is 31.5 Å². The Kier molecular flexibility index (Phi) is 5.24. The Morgan fingerprint density at radius 3 is 2.52 bits per heavy atom. The SMILES string of the molecule is O=C(N[C@@H](c1ccccc1)c1nnc(N2CCCCC2)o1)c1ccc(Br)o1. The molecule has 1 fully saturated rings. The molecule has 1 amide bonds. The van der Waals surface area contributed by atoms with Crippen molar-refractivity contribution in [2.45, 2.75) is 25.3 Å². The van der Waals surface area contributed by atoms with Gasteiger partial charge < -0.3 is 19.1 Å². The van der Waals surface area contributed by atoms with Crippen LogP contribution in [0, 0.1) is 0 Å². The largest absolute Gasteiger partial charge is 0.444 e. The van der Waals surface area contributed by atoms with Gasteiger partial charge in [0.05, 0.1) is 0 Å². The molecule has 0 bridgehead atoms. The molecule has 27 heavy (non-hydrogen) atoms. The van der Waals surface area contributed by atoms with Crippen molar-refractivity contribution < 1.29 is 13.6 Å².